The SMILES string of the molecule is COc1cc2ccccc2cc1C(=O)N1CCC[C@@H](n2ccnc2)C1. The number of carbonyl (C=O) groups is 1. The van der Waals surface area contributed by atoms with Gasteiger partial charge in [0.2, 0.25) is 0 Å². The van der Waals surface area contributed by atoms with Crippen molar-refractivity contribution in [3.63, 3.8) is 0 Å². The molecule has 1 saturated heterocycles. The van der Waals surface area contributed by atoms with E-state index in [-0.39, 0.29) is 11.9 Å². The van der Waals surface area contributed by atoms with Crippen LogP contribution < -0.4 is 4.74 Å². The van der Waals surface area contributed by atoms with Gasteiger partial charge in [-0.3, -0.25) is 4.79 Å². The lowest BCUT2D eigenvalue weighted by Crippen LogP contribution is -2.40. The summed E-state index contributed by atoms with van der Waals surface area (Å²) in [5.74, 6) is 0.667. The summed E-state index contributed by atoms with van der Waals surface area (Å²) in [6.07, 6.45) is 7.64. The Hall–Kier alpha value is -2.82. The Labute approximate surface area is 146 Å². The van der Waals surface area contributed by atoms with Gasteiger partial charge in [0.05, 0.1) is 25.0 Å². The summed E-state index contributed by atoms with van der Waals surface area (Å²) in [7, 11) is 1.62. The van der Waals surface area contributed by atoms with Crippen LogP contribution in [0.5, 0.6) is 5.75 Å². The molecule has 0 bridgehead atoms. The number of ether oxygens (including phenoxy) is 1. The molecule has 1 amide bonds. The number of hydrogen-bond acceptors (Lipinski definition) is 3. The predicted molar refractivity (Wildman–Crippen MR) is 96.9 cm³/mol. The molecule has 1 fully saturated rings. The average molecular weight is 335 g/mol. The first-order chi connectivity index (χ1) is 12.3. The Morgan fingerprint density at radius 2 is 2.04 bits per heavy atom. The second kappa shape index (κ2) is 6.59. The molecule has 0 N–H and O–H groups in total. The maximum Gasteiger partial charge on any atom is 0.257 e. The number of rotatable bonds is 3. The van der Waals surface area contributed by atoms with Crippen LogP contribution in [-0.4, -0.2) is 40.6 Å². The summed E-state index contributed by atoms with van der Waals surface area (Å²) >= 11 is 0. The molecule has 0 spiro atoms. The van der Waals surface area contributed by atoms with E-state index >= 15 is 0 Å². The lowest BCUT2D eigenvalue weighted by atomic mass is 10.0. The fourth-order valence-corrected chi connectivity index (χ4v) is 3.59. The fourth-order valence-electron chi connectivity index (χ4n) is 3.59. The number of piperidine rings is 1. The Morgan fingerprint density at radius 1 is 1.24 bits per heavy atom. The van der Waals surface area contributed by atoms with E-state index in [1.54, 1.807) is 13.3 Å². The Balaban J connectivity index is 1.64. The zero-order valence-electron chi connectivity index (χ0n) is 14.3. The second-order valence-electron chi connectivity index (χ2n) is 6.46. The van der Waals surface area contributed by atoms with Crippen molar-refractivity contribution in [2.24, 2.45) is 0 Å². The van der Waals surface area contributed by atoms with Gasteiger partial charge in [0.25, 0.3) is 5.91 Å². The molecule has 3 aromatic rings. The van der Waals surface area contributed by atoms with E-state index in [1.807, 2.05) is 53.8 Å². The minimum Gasteiger partial charge on any atom is -0.496 e. The van der Waals surface area contributed by atoms with Crippen LogP contribution in [-0.2, 0) is 0 Å². The molecule has 0 unspecified atom stereocenters. The standard InChI is InChI=1S/C20H21N3O2/c1-25-19-12-16-6-3-2-5-15(16)11-18(19)20(24)22-9-4-7-17(13-22)23-10-8-21-14-23/h2-3,5-6,8,10-12,14,17H,4,7,9,13H2,1H3/t17-/m1/s1. The third kappa shape index (κ3) is 2.97. The average Bonchev–Trinajstić information content (AvgIpc) is 3.21. The lowest BCUT2D eigenvalue weighted by molar-refractivity contribution is 0.0676. The van der Waals surface area contributed by atoms with Gasteiger partial charge >= 0.3 is 0 Å². The van der Waals surface area contributed by atoms with Gasteiger partial charge in [-0.1, -0.05) is 24.3 Å². The Morgan fingerprint density at radius 3 is 2.76 bits per heavy atom. The third-order valence-corrected chi connectivity index (χ3v) is 4.93. The van der Waals surface area contributed by atoms with Gasteiger partial charge in [0.15, 0.2) is 0 Å². The van der Waals surface area contributed by atoms with Crippen molar-refractivity contribution in [2.45, 2.75) is 18.9 Å². The van der Waals surface area contributed by atoms with Crippen molar-refractivity contribution in [1.29, 1.82) is 0 Å². The largest absolute Gasteiger partial charge is 0.496 e. The van der Waals surface area contributed by atoms with Gasteiger partial charge in [0.1, 0.15) is 5.75 Å². The highest BCUT2D eigenvalue weighted by molar-refractivity contribution is 6.01. The van der Waals surface area contributed by atoms with Gasteiger partial charge in [0, 0.05) is 25.5 Å². The molecule has 1 aromatic heterocycles. The van der Waals surface area contributed by atoms with E-state index in [9.17, 15) is 4.79 Å². The van der Waals surface area contributed by atoms with Gasteiger partial charge in [-0.2, -0.15) is 0 Å². The third-order valence-electron chi connectivity index (χ3n) is 4.93. The van der Waals surface area contributed by atoms with Gasteiger partial charge < -0.3 is 14.2 Å². The molecule has 0 radical (unpaired) electrons. The zero-order valence-corrected chi connectivity index (χ0v) is 14.3. The maximum absolute atomic E-state index is 13.2. The molecule has 1 aliphatic heterocycles. The van der Waals surface area contributed by atoms with Crippen LogP contribution in [0.2, 0.25) is 0 Å². The first kappa shape index (κ1) is 15.7. The summed E-state index contributed by atoms with van der Waals surface area (Å²) in [5.41, 5.74) is 0.632. The molecule has 1 aliphatic rings. The van der Waals surface area contributed by atoms with Crippen LogP contribution in [0, 0.1) is 0 Å². The Bertz CT molecular complexity index is 889. The summed E-state index contributed by atoms with van der Waals surface area (Å²) < 4.78 is 7.60. The number of benzene rings is 2. The van der Waals surface area contributed by atoms with E-state index in [2.05, 4.69) is 9.55 Å². The number of nitrogens with zero attached hydrogens (tertiary/aromatic N) is 3. The quantitative estimate of drug-likeness (QED) is 0.736. The monoisotopic (exact) mass is 335 g/mol. The molecule has 1 atom stereocenters. The first-order valence-electron chi connectivity index (χ1n) is 8.60. The summed E-state index contributed by atoms with van der Waals surface area (Å²) in [4.78, 5) is 19.2. The molecule has 5 heteroatoms. The van der Waals surface area contributed by atoms with E-state index in [1.165, 1.54) is 0 Å². The number of methoxy groups -OCH3 is 1. The highest BCUT2D eigenvalue weighted by Crippen LogP contribution is 2.29. The molecular formula is C20H21N3O2. The Kier molecular flexibility index (Phi) is 4.14. The molecular weight excluding hydrogens is 314 g/mol. The van der Waals surface area contributed by atoms with Crippen molar-refractivity contribution in [3.8, 4) is 5.75 Å². The number of amides is 1. The molecule has 4 rings (SSSR count). The lowest BCUT2D eigenvalue weighted by Gasteiger charge is -2.33. The van der Waals surface area contributed by atoms with Crippen molar-refractivity contribution in [2.75, 3.05) is 20.2 Å². The zero-order chi connectivity index (χ0) is 17.2. The van der Waals surface area contributed by atoms with Gasteiger partial charge in [-0.05, 0) is 35.7 Å². The van der Waals surface area contributed by atoms with Crippen LogP contribution in [0.1, 0.15) is 29.2 Å². The second-order valence-corrected chi connectivity index (χ2v) is 6.46. The van der Waals surface area contributed by atoms with Crippen LogP contribution in [0.4, 0.5) is 0 Å². The maximum atomic E-state index is 13.2. The van der Waals surface area contributed by atoms with E-state index < -0.39 is 0 Å². The molecule has 0 saturated carbocycles. The predicted octanol–water partition coefficient (Wildman–Crippen LogP) is 3.52. The topological polar surface area (TPSA) is 47.4 Å². The minimum absolute atomic E-state index is 0.0346. The number of imidazole rings is 1. The van der Waals surface area contributed by atoms with Crippen LogP contribution in [0.3, 0.4) is 0 Å². The summed E-state index contributed by atoms with van der Waals surface area (Å²) in [6.45, 7) is 1.48. The van der Waals surface area contributed by atoms with Crippen molar-refractivity contribution in [3.05, 3.63) is 60.7 Å². The van der Waals surface area contributed by atoms with E-state index in [4.69, 9.17) is 4.74 Å². The number of likely N-dealkylation sites (tertiary alicyclic amines) is 1. The molecule has 0 aliphatic carbocycles. The van der Waals surface area contributed by atoms with Crippen LogP contribution in [0.25, 0.3) is 10.8 Å². The minimum atomic E-state index is 0.0346. The highest BCUT2D eigenvalue weighted by atomic mass is 16.5. The normalized spacial score (nSPS) is 17.6. The number of hydrogen-bond donors (Lipinski definition) is 0. The summed E-state index contributed by atoms with van der Waals surface area (Å²) in [5, 5.41) is 2.13. The molecule has 128 valence electrons. The van der Waals surface area contributed by atoms with Gasteiger partial charge in [-0.15, -0.1) is 0 Å². The molecule has 2 heterocycles. The highest BCUT2D eigenvalue weighted by Gasteiger charge is 2.27. The first-order valence-corrected chi connectivity index (χ1v) is 8.60. The van der Waals surface area contributed by atoms with Crippen LogP contribution >= 0.6 is 0 Å². The number of aromatic nitrogens is 2. The van der Waals surface area contributed by atoms with Crippen LogP contribution in [0.15, 0.2) is 55.1 Å². The van der Waals surface area contributed by atoms with Crippen molar-refractivity contribution in [1.82, 2.24) is 14.5 Å². The van der Waals surface area contributed by atoms with Gasteiger partial charge in [-0.25, -0.2) is 4.98 Å². The number of fused-ring (bicyclic) bond motifs is 1. The summed E-state index contributed by atoms with van der Waals surface area (Å²) in [6, 6.07) is 12.2. The molecule has 5 nitrogen and oxygen atoms in total. The molecule has 2 aromatic carbocycles. The number of carbonyl (C=O) groups excluding carboxylic acids is 1. The van der Waals surface area contributed by atoms with E-state index in [0.717, 1.165) is 30.2 Å². The smallest absolute Gasteiger partial charge is 0.257 e. The molecule has 25 heavy (non-hydrogen) atoms. The van der Waals surface area contributed by atoms with E-state index in [0.29, 0.717) is 17.9 Å². The fraction of sp³-hybridized carbons (Fsp3) is 0.300. The van der Waals surface area contributed by atoms with Crippen molar-refractivity contribution >= 4 is 16.7 Å². The van der Waals surface area contributed by atoms with Crippen molar-refractivity contribution < 1.29 is 9.53 Å².